The fraction of sp³-hybridized carbons (Fsp3) is 0.778. The molecule has 0 aromatic rings. The Bertz CT molecular complexity index is 240. The average Bonchev–Trinajstić information content (AvgIpc) is 2.08. The molecule has 2 amide bonds. The van der Waals surface area contributed by atoms with Gasteiger partial charge in [0.1, 0.15) is 0 Å². The van der Waals surface area contributed by atoms with E-state index in [0.717, 1.165) is 0 Å². The predicted molar refractivity (Wildman–Crippen MR) is 52.9 cm³/mol. The Kier molecular flexibility index (Phi) is 3.33. The minimum absolute atomic E-state index is 0. The van der Waals surface area contributed by atoms with Crippen molar-refractivity contribution in [3.63, 3.8) is 0 Å². The first-order chi connectivity index (χ1) is 6.54. The van der Waals surface area contributed by atoms with Gasteiger partial charge in [0.05, 0.1) is 13.2 Å². The van der Waals surface area contributed by atoms with Crippen molar-refractivity contribution in [2.75, 3.05) is 20.2 Å². The molecule has 5 nitrogen and oxygen atoms in total. The number of carbonyl (C=O) groups is 2. The van der Waals surface area contributed by atoms with Crippen LogP contribution in [0, 0.1) is 5.92 Å². The highest BCUT2D eigenvalue weighted by atomic mass is 16.5. The minimum atomic E-state index is -0.438. The maximum absolute atomic E-state index is 11.4. The third kappa shape index (κ3) is 2.37. The van der Waals surface area contributed by atoms with Crippen molar-refractivity contribution in [3.8, 4) is 0 Å². The molecule has 0 aliphatic carbocycles. The monoisotopic (exact) mass is 202 g/mol. The van der Waals surface area contributed by atoms with Gasteiger partial charge in [-0.2, -0.15) is 0 Å². The van der Waals surface area contributed by atoms with Crippen LogP contribution in [0.15, 0.2) is 0 Å². The summed E-state index contributed by atoms with van der Waals surface area (Å²) in [4.78, 5) is 23.9. The quantitative estimate of drug-likeness (QED) is 0.707. The van der Waals surface area contributed by atoms with Gasteiger partial charge in [-0.1, -0.05) is 13.8 Å². The summed E-state index contributed by atoms with van der Waals surface area (Å²) in [7, 11) is 1.32. The van der Waals surface area contributed by atoms with E-state index in [9.17, 15) is 9.59 Å². The number of alkyl carbamates (subject to hydrolysis) is 1. The summed E-state index contributed by atoms with van der Waals surface area (Å²) in [5.74, 6) is 0.155. The van der Waals surface area contributed by atoms with Crippen LogP contribution in [0.3, 0.4) is 0 Å². The Balaban J connectivity index is 0.00000196. The third-order valence-corrected chi connectivity index (χ3v) is 2.19. The SMILES string of the molecule is COC(=O)NC1CN(C(=O)C(C)C)C1.[HH]. The van der Waals surface area contributed by atoms with E-state index < -0.39 is 6.09 Å². The van der Waals surface area contributed by atoms with E-state index >= 15 is 0 Å². The van der Waals surface area contributed by atoms with Gasteiger partial charge in [0.15, 0.2) is 0 Å². The number of hydrogen-bond donors (Lipinski definition) is 1. The summed E-state index contributed by atoms with van der Waals surface area (Å²) in [6, 6.07) is 0.0464. The van der Waals surface area contributed by atoms with Crippen LogP contribution in [-0.4, -0.2) is 43.1 Å². The summed E-state index contributed by atoms with van der Waals surface area (Å²) < 4.78 is 4.45. The van der Waals surface area contributed by atoms with Crippen molar-refractivity contribution in [1.82, 2.24) is 10.2 Å². The van der Waals surface area contributed by atoms with Gasteiger partial charge in [0, 0.05) is 20.4 Å². The molecule has 0 aromatic carbocycles. The first kappa shape index (κ1) is 10.8. The van der Waals surface area contributed by atoms with E-state index in [2.05, 4.69) is 10.1 Å². The summed E-state index contributed by atoms with van der Waals surface area (Å²) in [5.41, 5.74) is 0. The van der Waals surface area contributed by atoms with Crippen molar-refractivity contribution in [2.45, 2.75) is 19.9 Å². The van der Waals surface area contributed by atoms with E-state index in [1.54, 1.807) is 4.90 Å². The number of methoxy groups -OCH3 is 1. The number of nitrogens with zero attached hydrogens (tertiary/aromatic N) is 1. The fourth-order valence-electron chi connectivity index (χ4n) is 1.34. The van der Waals surface area contributed by atoms with Gasteiger partial charge in [-0.15, -0.1) is 0 Å². The van der Waals surface area contributed by atoms with Crippen LogP contribution in [0.5, 0.6) is 0 Å². The lowest BCUT2D eigenvalue weighted by Gasteiger charge is -2.40. The molecule has 14 heavy (non-hydrogen) atoms. The molecule has 0 spiro atoms. The lowest BCUT2D eigenvalue weighted by molar-refractivity contribution is -0.139. The summed E-state index contributed by atoms with van der Waals surface area (Å²) in [6.45, 7) is 4.91. The molecule has 1 aliphatic heterocycles. The topological polar surface area (TPSA) is 58.6 Å². The van der Waals surface area contributed by atoms with E-state index in [1.807, 2.05) is 13.8 Å². The maximum Gasteiger partial charge on any atom is 0.407 e. The Hall–Kier alpha value is -1.26. The zero-order valence-corrected chi connectivity index (χ0v) is 8.74. The van der Waals surface area contributed by atoms with Crippen molar-refractivity contribution in [1.29, 1.82) is 0 Å². The molecule has 0 radical (unpaired) electrons. The molecule has 1 heterocycles. The van der Waals surface area contributed by atoms with Gasteiger partial charge in [0.2, 0.25) is 5.91 Å². The highest BCUT2D eigenvalue weighted by Crippen LogP contribution is 2.12. The molecule has 0 aromatic heterocycles. The van der Waals surface area contributed by atoms with Crippen molar-refractivity contribution >= 4 is 12.0 Å². The molecule has 1 saturated heterocycles. The molecule has 1 fully saturated rings. The summed E-state index contributed by atoms with van der Waals surface area (Å²) >= 11 is 0. The molecular weight excluding hydrogens is 184 g/mol. The molecule has 0 atom stereocenters. The van der Waals surface area contributed by atoms with Crippen molar-refractivity contribution in [3.05, 3.63) is 0 Å². The van der Waals surface area contributed by atoms with Gasteiger partial charge in [-0.3, -0.25) is 4.79 Å². The third-order valence-electron chi connectivity index (χ3n) is 2.19. The van der Waals surface area contributed by atoms with Crippen LogP contribution in [0.2, 0.25) is 0 Å². The van der Waals surface area contributed by atoms with E-state index in [4.69, 9.17) is 0 Å². The summed E-state index contributed by atoms with van der Waals surface area (Å²) in [5, 5.41) is 2.63. The van der Waals surface area contributed by atoms with Crippen LogP contribution in [0.4, 0.5) is 4.79 Å². The second-order valence-electron chi connectivity index (χ2n) is 3.73. The van der Waals surface area contributed by atoms with Crippen LogP contribution in [0.25, 0.3) is 0 Å². The molecule has 0 bridgehead atoms. The first-order valence-corrected chi connectivity index (χ1v) is 4.68. The largest absolute Gasteiger partial charge is 0.453 e. The standard InChI is InChI=1S/C9H16N2O3.H2/c1-6(2)8(12)11-4-7(5-11)10-9(13)14-3;/h6-7H,4-5H2,1-3H3,(H,10,13);1H. The number of carbonyl (C=O) groups excluding carboxylic acids is 2. The van der Waals surface area contributed by atoms with Crippen LogP contribution < -0.4 is 5.32 Å². The molecule has 1 aliphatic rings. The van der Waals surface area contributed by atoms with Crippen LogP contribution in [-0.2, 0) is 9.53 Å². The van der Waals surface area contributed by atoms with Gasteiger partial charge in [0.25, 0.3) is 0 Å². The summed E-state index contributed by atoms with van der Waals surface area (Å²) in [6.07, 6.45) is -0.438. The Labute approximate surface area is 84.9 Å². The average molecular weight is 202 g/mol. The van der Waals surface area contributed by atoms with Crippen molar-refractivity contribution in [2.24, 2.45) is 5.92 Å². The Morgan fingerprint density at radius 3 is 2.50 bits per heavy atom. The second kappa shape index (κ2) is 4.30. The zero-order valence-electron chi connectivity index (χ0n) is 8.74. The molecule has 1 rings (SSSR count). The van der Waals surface area contributed by atoms with Crippen LogP contribution >= 0.6 is 0 Å². The lowest BCUT2D eigenvalue weighted by atomic mass is 10.1. The van der Waals surface area contributed by atoms with Gasteiger partial charge >= 0.3 is 6.09 Å². The lowest BCUT2D eigenvalue weighted by Crippen LogP contribution is -2.61. The first-order valence-electron chi connectivity index (χ1n) is 4.68. The maximum atomic E-state index is 11.4. The van der Waals surface area contributed by atoms with E-state index in [-0.39, 0.29) is 19.3 Å². The normalized spacial score (nSPS) is 16.4. The van der Waals surface area contributed by atoms with Crippen molar-refractivity contribution < 1.29 is 15.8 Å². The number of ether oxygens (including phenoxy) is 1. The molecule has 1 N–H and O–H groups in total. The smallest absolute Gasteiger partial charge is 0.407 e. The highest BCUT2D eigenvalue weighted by Gasteiger charge is 2.32. The number of amides is 2. The van der Waals surface area contributed by atoms with Gasteiger partial charge in [-0.25, -0.2) is 4.79 Å². The van der Waals surface area contributed by atoms with E-state index in [0.29, 0.717) is 13.1 Å². The van der Waals surface area contributed by atoms with Crippen LogP contribution in [0.1, 0.15) is 15.3 Å². The minimum Gasteiger partial charge on any atom is -0.453 e. The van der Waals surface area contributed by atoms with Gasteiger partial charge < -0.3 is 15.0 Å². The number of hydrogen-bond acceptors (Lipinski definition) is 3. The van der Waals surface area contributed by atoms with E-state index in [1.165, 1.54) is 7.11 Å². The molecule has 5 heteroatoms. The fourth-order valence-corrected chi connectivity index (χ4v) is 1.34. The highest BCUT2D eigenvalue weighted by molar-refractivity contribution is 5.79. The Morgan fingerprint density at radius 2 is 2.07 bits per heavy atom. The molecule has 0 saturated carbocycles. The van der Waals surface area contributed by atoms with Gasteiger partial charge in [-0.05, 0) is 0 Å². The zero-order chi connectivity index (χ0) is 10.7. The number of nitrogens with one attached hydrogen (secondary N) is 1. The second-order valence-corrected chi connectivity index (χ2v) is 3.73. The number of likely N-dealkylation sites (tertiary alicyclic amines) is 1. The molecule has 82 valence electrons. The predicted octanol–water partition coefficient (Wildman–Crippen LogP) is 0.455. The Morgan fingerprint density at radius 1 is 1.50 bits per heavy atom. The molecule has 0 unspecified atom stereocenters. The number of rotatable bonds is 2. The molecular formula is C9H18N2O3.